The van der Waals surface area contributed by atoms with Gasteiger partial charge in [0.15, 0.2) is 0 Å². The van der Waals surface area contributed by atoms with Crippen LogP contribution in [-0.4, -0.2) is 44.2 Å². The van der Waals surface area contributed by atoms with Crippen LogP contribution >= 0.6 is 0 Å². The average Bonchev–Trinajstić information content (AvgIpc) is 2.98. The van der Waals surface area contributed by atoms with Crippen molar-refractivity contribution in [1.29, 1.82) is 0 Å². The van der Waals surface area contributed by atoms with Crippen LogP contribution in [0.5, 0.6) is 5.75 Å². The zero-order valence-corrected chi connectivity index (χ0v) is 12.2. The van der Waals surface area contributed by atoms with Gasteiger partial charge in [-0.1, -0.05) is 19.1 Å². The molecule has 0 bridgehead atoms. The molecule has 0 radical (unpaired) electrons. The summed E-state index contributed by atoms with van der Waals surface area (Å²) in [6.07, 6.45) is 3.65. The van der Waals surface area contributed by atoms with Crippen molar-refractivity contribution in [2.45, 2.75) is 32.2 Å². The molecule has 0 aliphatic carbocycles. The summed E-state index contributed by atoms with van der Waals surface area (Å²) >= 11 is 0. The van der Waals surface area contributed by atoms with Gasteiger partial charge < -0.3 is 10.1 Å². The van der Waals surface area contributed by atoms with E-state index in [4.69, 9.17) is 4.74 Å². The lowest BCUT2D eigenvalue weighted by Crippen LogP contribution is -2.38. The molecule has 3 nitrogen and oxygen atoms in total. The molecule has 1 aliphatic rings. The molecule has 0 saturated carbocycles. The molecule has 1 unspecified atom stereocenters. The van der Waals surface area contributed by atoms with Gasteiger partial charge in [0.2, 0.25) is 0 Å². The monoisotopic (exact) mass is 262 g/mol. The first kappa shape index (κ1) is 14.4. The van der Waals surface area contributed by atoms with Gasteiger partial charge in [0.05, 0.1) is 7.11 Å². The molecule has 0 aromatic heterocycles. The summed E-state index contributed by atoms with van der Waals surface area (Å²) in [5, 5.41) is 3.47. The van der Waals surface area contributed by atoms with Crippen molar-refractivity contribution in [3.63, 3.8) is 0 Å². The van der Waals surface area contributed by atoms with Crippen molar-refractivity contribution in [1.82, 2.24) is 10.2 Å². The third-order valence-electron chi connectivity index (χ3n) is 3.91. The van der Waals surface area contributed by atoms with Gasteiger partial charge in [-0.3, -0.25) is 4.90 Å². The van der Waals surface area contributed by atoms with E-state index in [-0.39, 0.29) is 0 Å². The largest absolute Gasteiger partial charge is 0.497 e. The maximum Gasteiger partial charge on any atom is 0.118 e. The lowest BCUT2D eigenvalue weighted by molar-refractivity contribution is 0.211. The molecule has 106 valence electrons. The molecule has 1 aromatic rings. The Balaban J connectivity index is 1.86. The van der Waals surface area contributed by atoms with Gasteiger partial charge in [-0.25, -0.2) is 0 Å². The predicted molar refractivity (Wildman–Crippen MR) is 79.8 cm³/mol. The highest BCUT2D eigenvalue weighted by molar-refractivity contribution is 5.27. The average molecular weight is 262 g/mol. The van der Waals surface area contributed by atoms with Crippen LogP contribution in [0.15, 0.2) is 24.3 Å². The molecule has 1 aliphatic heterocycles. The molecule has 1 N–H and O–H groups in total. The Bertz CT molecular complexity index is 358. The van der Waals surface area contributed by atoms with E-state index in [0.717, 1.165) is 31.3 Å². The van der Waals surface area contributed by atoms with E-state index in [1.165, 1.54) is 31.5 Å². The third kappa shape index (κ3) is 4.22. The van der Waals surface area contributed by atoms with Gasteiger partial charge in [-0.05, 0) is 50.0 Å². The Morgan fingerprint density at radius 1 is 1.26 bits per heavy atom. The summed E-state index contributed by atoms with van der Waals surface area (Å²) in [7, 11) is 1.71. The maximum absolute atomic E-state index is 5.20. The fourth-order valence-electron chi connectivity index (χ4n) is 2.78. The molecule has 0 spiro atoms. The Morgan fingerprint density at radius 2 is 2.05 bits per heavy atom. The number of rotatable bonds is 7. The standard InChI is InChI=1S/C16H26N2O/c1-3-11-18(15-8-10-17-13-15)12-9-14-4-6-16(19-2)7-5-14/h4-7,15,17H,3,8-13H2,1-2H3. The van der Waals surface area contributed by atoms with Crippen molar-refractivity contribution in [2.24, 2.45) is 0 Å². The smallest absolute Gasteiger partial charge is 0.118 e. The van der Waals surface area contributed by atoms with Crippen molar-refractivity contribution < 1.29 is 4.74 Å². The van der Waals surface area contributed by atoms with Gasteiger partial charge in [-0.2, -0.15) is 0 Å². The minimum Gasteiger partial charge on any atom is -0.497 e. The SMILES string of the molecule is CCCN(CCc1ccc(OC)cc1)C1CCNC1. The van der Waals surface area contributed by atoms with E-state index in [0.29, 0.717) is 0 Å². The van der Waals surface area contributed by atoms with E-state index < -0.39 is 0 Å². The lowest BCUT2D eigenvalue weighted by Gasteiger charge is -2.27. The molecular formula is C16H26N2O. The van der Waals surface area contributed by atoms with Crippen LogP contribution in [0.2, 0.25) is 0 Å². The van der Waals surface area contributed by atoms with Crippen LogP contribution in [-0.2, 0) is 6.42 Å². The van der Waals surface area contributed by atoms with E-state index in [1.54, 1.807) is 7.11 Å². The van der Waals surface area contributed by atoms with Crippen LogP contribution in [0, 0.1) is 0 Å². The summed E-state index contributed by atoms with van der Waals surface area (Å²) in [5.41, 5.74) is 1.40. The summed E-state index contributed by atoms with van der Waals surface area (Å²) in [6, 6.07) is 9.19. The van der Waals surface area contributed by atoms with E-state index >= 15 is 0 Å². The summed E-state index contributed by atoms with van der Waals surface area (Å²) in [4.78, 5) is 2.64. The highest BCUT2D eigenvalue weighted by Crippen LogP contribution is 2.14. The lowest BCUT2D eigenvalue weighted by atomic mass is 10.1. The molecule has 1 saturated heterocycles. The molecule has 3 heteroatoms. The van der Waals surface area contributed by atoms with Gasteiger partial charge in [0, 0.05) is 19.1 Å². The summed E-state index contributed by atoms with van der Waals surface area (Å²) < 4.78 is 5.20. The Kier molecular flexibility index (Phi) is 5.67. The van der Waals surface area contributed by atoms with Crippen LogP contribution in [0.1, 0.15) is 25.3 Å². The van der Waals surface area contributed by atoms with Gasteiger partial charge in [-0.15, -0.1) is 0 Å². The molecule has 1 heterocycles. The molecule has 1 atom stereocenters. The van der Waals surface area contributed by atoms with Crippen LogP contribution in [0.3, 0.4) is 0 Å². The molecule has 2 rings (SSSR count). The second-order valence-electron chi connectivity index (χ2n) is 5.28. The highest BCUT2D eigenvalue weighted by atomic mass is 16.5. The van der Waals surface area contributed by atoms with E-state index in [2.05, 4.69) is 41.4 Å². The maximum atomic E-state index is 5.20. The first-order valence-electron chi connectivity index (χ1n) is 7.41. The molecule has 0 amide bonds. The van der Waals surface area contributed by atoms with Gasteiger partial charge >= 0.3 is 0 Å². The second kappa shape index (κ2) is 7.51. The number of nitrogens with zero attached hydrogens (tertiary/aromatic N) is 1. The third-order valence-corrected chi connectivity index (χ3v) is 3.91. The second-order valence-corrected chi connectivity index (χ2v) is 5.28. The minimum atomic E-state index is 0.734. The Morgan fingerprint density at radius 3 is 2.63 bits per heavy atom. The van der Waals surface area contributed by atoms with E-state index in [9.17, 15) is 0 Å². The molecule has 1 aromatic carbocycles. The normalized spacial score (nSPS) is 19.0. The fourth-order valence-corrected chi connectivity index (χ4v) is 2.78. The number of nitrogens with one attached hydrogen (secondary N) is 1. The van der Waals surface area contributed by atoms with Crippen molar-refractivity contribution in [2.75, 3.05) is 33.3 Å². The number of hydrogen-bond acceptors (Lipinski definition) is 3. The quantitative estimate of drug-likeness (QED) is 0.816. The topological polar surface area (TPSA) is 24.5 Å². The van der Waals surface area contributed by atoms with Crippen molar-refractivity contribution in [3.8, 4) is 5.75 Å². The number of hydrogen-bond donors (Lipinski definition) is 1. The minimum absolute atomic E-state index is 0.734. The summed E-state index contributed by atoms with van der Waals surface area (Å²) in [5.74, 6) is 0.939. The summed E-state index contributed by atoms with van der Waals surface area (Å²) in [6.45, 7) is 6.97. The van der Waals surface area contributed by atoms with Gasteiger partial charge in [0.25, 0.3) is 0 Å². The van der Waals surface area contributed by atoms with Crippen LogP contribution < -0.4 is 10.1 Å². The zero-order chi connectivity index (χ0) is 13.5. The van der Waals surface area contributed by atoms with Crippen molar-refractivity contribution >= 4 is 0 Å². The highest BCUT2D eigenvalue weighted by Gasteiger charge is 2.21. The van der Waals surface area contributed by atoms with Crippen LogP contribution in [0.25, 0.3) is 0 Å². The first-order valence-corrected chi connectivity index (χ1v) is 7.41. The Hall–Kier alpha value is -1.06. The number of benzene rings is 1. The van der Waals surface area contributed by atoms with Crippen LogP contribution in [0.4, 0.5) is 0 Å². The molecular weight excluding hydrogens is 236 g/mol. The van der Waals surface area contributed by atoms with Crippen molar-refractivity contribution in [3.05, 3.63) is 29.8 Å². The first-order chi connectivity index (χ1) is 9.33. The zero-order valence-electron chi connectivity index (χ0n) is 12.2. The Labute approximate surface area is 116 Å². The predicted octanol–water partition coefficient (Wildman–Crippen LogP) is 2.31. The number of ether oxygens (including phenoxy) is 1. The van der Waals surface area contributed by atoms with Gasteiger partial charge in [0.1, 0.15) is 5.75 Å². The molecule has 1 fully saturated rings. The molecule has 19 heavy (non-hydrogen) atoms. The fraction of sp³-hybridized carbons (Fsp3) is 0.625. The number of methoxy groups -OCH3 is 1. The van der Waals surface area contributed by atoms with E-state index in [1.807, 2.05) is 0 Å².